The van der Waals surface area contributed by atoms with Crippen molar-refractivity contribution in [3.63, 3.8) is 0 Å². The summed E-state index contributed by atoms with van der Waals surface area (Å²) in [6.45, 7) is 4.01. The lowest BCUT2D eigenvalue weighted by Gasteiger charge is -2.16. The first-order valence-electron chi connectivity index (χ1n) is 6.27. The van der Waals surface area contributed by atoms with Crippen LogP contribution in [0.2, 0.25) is 0 Å². The summed E-state index contributed by atoms with van der Waals surface area (Å²) >= 11 is 0. The van der Waals surface area contributed by atoms with Gasteiger partial charge in [-0.2, -0.15) is 0 Å². The number of aryl methyl sites for hydroxylation is 1. The van der Waals surface area contributed by atoms with Crippen LogP contribution in [-0.2, 0) is 6.42 Å². The van der Waals surface area contributed by atoms with Crippen LogP contribution in [0.25, 0.3) is 0 Å². The minimum Gasteiger partial charge on any atom is -0.508 e. The molecule has 3 heteroatoms. The quantitative estimate of drug-likeness (QED) is 0.739. The maximum Gasteiger partial charge on any atom is 0.119 e. The van der Waals surface area contributed by atoms with Crippen molar-refractivity contribution in [1.82, 2.24) is 0 Å². The second-order valence-corrected chi connectivity index (χ2v) is 4.96. The van der Waals surface area contributed by atoms with Gasteiger partial charge in [-0.05, 0) is 66.3 Å². The van der Waals surface area contributed by atoms with Crippen molar-refractivity contribution >= 4 is 0 Å². The fourth-order valence-electron chi connectivity index (χ4n) is 2.39. The zero-order chi connectivity index (χ0) is 14.0. The third kappa shape index (κ3) is 2.99. The highest BCUT2D eigenvalue weighted by atomic mass is 16.3. The first-order chi connectivity index (χ1) is 8.97. The molecule has 0 radical (unpaired) electrons. The minimum atomic E-state index is 0.155. The first-order valence-corrected chi connectivity index (χ1v) is 6.27. The average molecular weight is 258 g/mol. The van der Waals surface area contributed by atoms with E-state index in [1.54, 1.807) is 18.2 Å². The molecule has 2 aromatic carbocycles. The van der Waals surface area contributed by atoms with E-state index in [0.717, 1.165) is 16.7 Å². The van der Waals surface area contributed by atoms with Gasteiger partial charge in [-0.3, -0.25) is 0 Å². The Morgan fingerprint density at radius 3 is 2.26 bits per heavy atom. The fourth-order valence-corrected chi connectivity index (χ4v) is 2.39. The second-order valence-electron chi connectivity index (χ2n) is 4.96. The van der Waals surface area contributed by atoms with Gasteiger partial charge in [0, 0.05) is 0 Å². The van der Waals surface area contributed by atoms with Gasteiger partial charge in [0.2, 0.25) is 0 Å². The van der Waals surface area contributed by atoms with Crippen LogP contribution in [-0.4, -0.2) is 15.3 Å². The van der Waals surface area contributed by atoms with Crippen LogP contribution in [0.1, 0.15) is 29.5 Å². The van der Waals surface area contributed by atoms with E-state index in [0.29, 0.717) is 6.42 Å². The normalized spacial score (nSPS) is 12.3. The topological polar surface area (TPSA) is 60.7 Å². The number of benzene rings is 2. The molecule has 0 aliphatic heterocycles. The van der Waals surface area contributed by atoms with Gasteiger partial charge in [0.1, 0.15) is 17.2 Å². The summed E-state index contributed by atoms with van der Waals surface area (Å²) in [6.07, 6.45) is 0.631. The maximum absolute atomic E-state index is 9.79. The molecule has 0 heterocycles. The first kappa shape index (κ1) is 13.3. The lowest BCUT2D eigenvalue weighted by atomic mass is 9.90. The maximum atomic E-state index is 9.79. The molecule has 2 aromatic rings. The number of aromatic hydroxyl groups is 3. The highest BCUT2D eigenvalue weighted by molar-refractivity contribution is 5.41. The molecule has 3 nitrogen and oxygen atoms in total. The van der Waals surface area contributed by atoms with E-state index in [1.165, 1.54) is 12.1 Å². The molecule has 0 saturated carbocycles. The summed E-state index contributed by atoms with van der Waals surface area (Å²) in [7, 11) is 0. The second kappa shape index (κ2) is 5.22. The number of phenols is 3. The van der Waals surface area contributed by atoms with E-state index in [9.17, 15) is 15.3 Å². The van der Waals surface area contributed by atoms with Crippen molar-refractivity contribution in [2.45, 2.75) is 26.2 Å². The summed E-state index contributed by atoms with van der Waals surface area (Å²) in [6, 6.07) is 9.85. The number of hydrogen-bond acceptors (Lipinski definition) is 3. The van der Waals surface area contributed by atoms with Gasteiger partial charge in [-0.25, -0.2) is 0 Å². The predicted molar refractivity (Wildman–Crippen MR) is 74.7 cm³/mol. The summed E-state index contributed by atoms with van der Waals surface area (Å²) in [5.41, 5.74) is 2.87. The van der Waals surface area contributed by atoms with Crippen molar-refractivity contribution in [1.29, 1.82) is 0 Å². The highest BCUT2D eigenvalue weighted by Gasteiger charge is 2.12. The molecule has 1 atom stereocenters. The standard InChI is InChI=1S/C16H18O3/c1-10(15-5-3-13(17)8-11(15)2)7-12-9-14(18)4-6-16(12)19/h3-6,8-10,17-19H,7H2,1-2H3. The molecule has 3 N–H and O–H groups in total. The molecule has 0 amide bonds. The minimum absolute atomic E-state index is 0.155. The predicted octanol–water partition coefficient (Wildman–Crippen LogP) is 3.46. The lowest BCUT2D eigenvalue weighted by molar-refractivity contribution is 0.452. The zero-order valence-corrected chi connectivity index (χ0v) is 11.1. The van der Waals surface area contributed by atoms with E-state index in [2.05, 4.69) is 6.92 Å². The van der Waals surface area contributed by atoms with Gasteiger partial charge in [0.25, 0.3) is 0 Å². The third-order valence-corrected chi connectivity index (χ3v) is 3.37. The molecule has 0 aromatic heterocycles. The Labute approximate surface area is 112 Å². The molecule has 1 unspecified atom stereocenters. The molecule has 19 heavy (non-hydrogen) atoms. The van der Waals surface area contributed by atoms with Gasteiger partial charge in [-0.15, -0.1) is 0 Å². The smallest absolute Gasteiger partial charge is 0.119 e. The summed E-state index contributed by atoms with van der Waals surface area (Å²) < 4.78 is 0. The Bertz CT molecular complexity index is 591. The van der Waals surface area contributed by atoms with Crippen LogP contribution >= 0.6 is 0 Å². The van der Waals surface area contributed by atoms with Crippen LogP contribution in [0.5, 0.6) is 17.2 Å². The van der Waals surface area contributed by atoms with Crippen LogP contribution < -0.4 is 0 Å². The van der Waals surface area contributed by atoms with E-state index in [-0.39, 0.29) is 23.2 Å². The Morgan fingerprint density at radius 2 is 1.58 bits per heavy atom. The van der Waals surface area contributed by atoms with E-state index in [4.69, 9.17) is 0 Å². The molecular formula is C16H18O3. The lowest BCUT2D eigenvalue weighted by Crippen LogP contribution is -2.01. The van der Waals surface area contributed by atoms with Crippen LogP contribution in [0.3, 0.4) is 0 Å². The summed E-state index contributed by atoms with van der Waals surface area (Å²) in [5, 5.41) is 28.7. The van der Waals surface area contributed by atoms with Gasteiger partial charge in [-0.1, -0.05) is 13.0 Å². The van der Waals surface area contributed by atoms with E-state index >= 15 is 0 Å². The van der Waals surface area contributed by atoms with Gasteiger partial charge in [0.15, 0.2) is 0 Å². The number of rotatable bonds is 3. The van der Waals surface area contributed by atoms with Crippen molar-refractivity contribution in [2.24, 2.45) is 0 Å². The van der Waals surface area contributed by atoms with Crippen molar-refractivity contribution in [2.75, 3.05) is 0 Å². The fraction of sp³-hybridized carbons (Fsp3) is 0.250. The molecule has 0 fully saturated rings. The van der Waals surface area contributed by atoms with E-state index < -0.39 is 0 Å². The molecule has 100 valence electrons. The van der Waals surface area contributed by atoms with Crippen LogP contribution in [0.15, 0.2) is 36.4 Å². The Morgan fingerprint density at radius 1 is 0.947 bits per heavy atom. The van der Waals surface area contributed by atoms with Crippen molar-refractivity contribution in [3.05, 3.63) is 53.1 Å². The Hall–Kier alpha value is -2.16. The molecule has 2 rings (SSSR count). The Balaban J connectivity index is 2.25. The molecular weight excluding hydrogens is 240 g/mol. The molecule has 0 aliphatic carbocycles. The molecule has 0 saturated heterocycles. The average Bonchev–Trinajstić information content (AvgIpc) is 2.33. The largest absolute Gasteiger partial charge is 0.508 e. The van der Waals surface area contributed by atoms with E-state index in [1.807, 2.05) is 13.0 Å². The number of hydrogen-bond donors (Lipinski definition) is 3. The molecule has 0 bridgehead atoms. The SMILES string of the molecule is Cc1cc(O)ccc1C(C)Cc1cc(O)ccc1O. The number of phenolic OH excluding ortho intramolecular Hbond substituents is 3. The monoisotopic (exact) mass is 258 g/mol. The third-order valence-electron chi connectivity index (χ3n) is 3.37. The highest BCUT2D eigenvalue weighted by Crippen LogP contribution is 2.30. The van der Waals surface area contributed by atoms with Gasteiger partial charge >= 0.3 is 0 Å². The van der Waals surface area contributed by atoms with Gasteiger partial charge < -0.3 is 15.3 Å². The summed E-state index contributed by atoms with van der Waals surface area (Å²) in [5.74, 6) is 0.797. The van der Waals surface area contributed by atoms with Crippen molar-refractivity contribution < 1.29 is 15.3 Å². The van der Waals surface area contributed by atoms with Crippen LogP contribution in [0.4, 0.5) is 0 Å². The zero-order valence-electron chi connectivity index (χ0n) is 11.1. The molecule has 0 aliphatic rings. The molecule has 0 spiro atoms. The van der Waals surface area contributed by atoms with Crippen LogP contribution in [0, 0.1) is 6.92 Å². The van der Waals surface area contributed by atoms with Crippen molar-refractivity contribution in [3.8, 4) is 17.2 Å². The summed E-state index contributed by atoms with van der Waals surface area (Å²) in [4.78, 5) is 0. The van der Waals surface area contributed by atoms with Gasteiger partial charge in [0.05, 0.1) is 0 Å². The Kier molecular flexibility index (Phi) is 3.65.